The zero-order chi connectivity index (χ0) is 14.4. The highest BCUT2D eigenvalue weighted by molar-refractivity contribution is 7.10. The van der Waals surface area contributed by atoms with E-state index in [9.17, 15) is 4.79 Å². The van der Waals surface area contributed by atoms with Gasteiger partial charge in [0.25, 0.3) is 0 Å². The molecule has 106 valence electrons. The molecule has 0 aliphatic heterocycles. The standard InChI is InChI=1S/C15H18N2O2S/c1-11-6-7-20-14(11)9-16-12-4-3-5-13(8-12)17-15(18)10-19-2/h3-8,16H,9-10H2,1-2H3,(H,17,18). The highest BCUT2D eigenvalue weighted by atomic mass is 32.1. The molecule has 5 heteroatoms. The summed E-state index contributed by atoms with van der Waals surface area (Å²) in [7, 11) is 1.50. The lowest BCUT2D eigenvalue weighted by Crippen LogP contribution is -2.17. The van der Waals surface area contributed by atoms with Gasteiger partial charge in [0.15, 0.2) is 0 Å². The van der Waals surface area contributed by atoms with E-state index in [1.54, 1.807) is 11.3 Å². The lowest BCUT2D eigenvalue weighted by atomic mass is 10.2. The molecule has 0 saturated heterocycles. The highest BCUT2D eigenvalue weighted by Crippen LogP contribution is 2.19. The number of hydrogen-bond donors (Lipinski definition) is 2. The van der Waals surface area contributed by atoms with Crippen LogP contribution in [0.25, 0.3) is 0 Å². The van der Waals surface area contributed by atoms with Crippen LogP contribution in [0.3, 0.4) is 0 Å². The topological polar surface area (TPSA) is 50.4 Å². The number of carbonyl (C=O) groups excluding carboxylic acids is 1. The van der Waals surface area contributed by atoms with Crippen LogP contribution in [-0.2, 0) is 16.1 Å². The fourth-order valence-corrected chi connectivity index (χ4v) is 2.65. The fraction of sp³-hybridized carbons (Fsp3) is 0.267. The molecule has 0 unspecified atom stereocenters. The first-order chi connectivity index (χ1) is 9.69. The molecular weight excluding hydrogens is 272 g/mol. The Bertz CT molecular complexity index is 581. The lowest BCUT2D eigenvalue weighted by molar-refractivity contribution is -0.119. The minimum atomic E-state index is -0.154. The van der Waals surface area contributed by atoms with Gasteiger partial charge in [-0.05, 0) is 42.1 Å². The summed E-state index contributed by atoms with van der Waals surface area (Å²) in [6.45, 7) is 2.96. The number of amides is 1. The van der Waals surface area contributed by atoms with E-state index in [0.29, 0.717) is 0 Å². The van der Waals surface area contributed by atoms with E-state index in [-0.39, 0.29) is 12.5 Å². The molecule has 0 fully saturated rings. The summed E-state index contributed by atoms with van der Waals surface area (Å²) in [6.07, 6.45) is 0. The van der Waals surface area contributed by atoms with E-state index in [1.165, 1.54) is 17.6 Å². The maximum Gasteiger partial charge on any atom is 0.250 e. The van der Waals surface area contributed by atoms with Gasteiger partial charge in [-0.15, -0.1) is 11.3 Å². The molecule has 2 N–H and O–H groups in total. The van der Waals surface area contributed by atoms with Gasteiger partial charge in [-0.1, -0.05) is 6.07 Å². The van der Waals surface area contributed by atoms with Gasteiger partial charge in [0.05, 0.1) is 0 Å². The van der Waals surface area contributed by atoms with Crippen LogP contribution in [0.5, 0.6) is 0 Å². The van der Waals surface area contributed by atoms with Gasteiger partial charge in [-0.2, -0.15) is 0 Å². The molecule has 0 radical (unpaired) electrons. The van der Waals surface area contributed by atoms with E-state index < -0.39 is 0 Å². The first-order valence-corrected chi connectivity index (χ1v) is 7.22. The quantitative estimate of drug-likeness (QED) is 0.858. The summed E-state index contributed by atoms with van der Waals surface area (Å²) in [6, 6.07) is 9.77. The van der Waals surface area contributed by atoms with Gasteiger partial charge in [-0.3, -0.25) is 4.79 Å². The van der Waals surface area contributed by atoms with Gasteiger partial charge in [0.2, 0.25) is 5.91 Å². The number of methoxy groups -OCH3 is 1. The third kappa shape index (κ3) is 4.08. The second-order valence-corrected chi connectivity index (χ2v) is 5.44. The first-order valence-electron chi connectivity index (χ1n) is 6.34. The van der Waals surface area contributed by atoms with Crippen molar-refractivity contribution in [3.05, 3.63) is 46.2 Å². The summed E-state index contributed by atoms with van der Waals surface area (Å²) in [5.74, 6) is -0.154. The highest BCUT2D eigenvalue weighted by Gasteiger charge is 2.03. The average molecular weight is 290 g/mol. The summed E-state index contributed by atoms with van der Waals surface area (Å²) in [5, 5.41) is 8.24. The monoisotopic (exact) mass is 290 g/mol. The van der Waals surface area contributed by atoms with Crippen molar-refractivity contribution in [3.63, 3.8) is 0 Å². The van der Waals surface area contributed by atoms with Crippen LogP contribution in [0.4, 0.5) is 11.4 Å². The van der Waals surface area contributed by atoms with E-state index in [0.717, 1.165) is 17.9 Å². The molecule has 4 nitrogen and oxygen atoms in total. The van der Waals surface area contributed by atoms with Gasteiger partial charge in [-0.25, -0.2) is 0 Å². The lowest BCUT2D eigenvalue weighted by Gasteiger charge is -2.09. The number of ether oxygens (including phenoxy) is 1. The molecule has 1 aromatic heterocycles. The Morgan fingerprint density at radius 3 is 2.80 bits per heavy atom. The van der Waals surface area contributed by atoms with Crippen LogP contribution in [0.2, 0.25) is 0 Å². The van der Waals surface area contributed by atoms with Crippen LogP contribution in [0.15, 0.2) is 35.7 Å². The Hall–Kier alpha value is -1.85. The van der Waals surface area contributed by atoms with Crippen LogP contribution in [-0.4, -0.2) is 19.6 Å². The molecule has 0 bridgehead atoms. The van der Waals surface area contributed by atoms with Gasteiger partial charge < -0.3 is 15.4 Å². The van der Waals surface area contributed by atoms with Crippen LogP contribution in [0.1, 0.15) is 10.4 Å². The van der Waals surface area contributed by atoms with Crippen molar-refractivity contribution in [3.8, 4) is 0 Å². The Balaban J connectivity index is 1.95. The normalized spacial score (nSPS) is 10.3. The molecule has 20 heavy (non-hydrogen) atoms. The Morgan fingerprint density at radius 1 is 1.30 bits per heavy atom. The number of rotatable bonds is 6. The third-order valence-corrected chi connectivity index (χ3v) is 3.87. The molecule has 0 aliphatic carbocycles. The summed E-state index contributed by atoms with van der Waals surface area (Å²) in [5.41, 5.74) is 3.04. The second-order valence-electron chi connectivity index (χ2n) is 4.44. The van der Waals surface area contributed by atoms with Crippen molar-refractivity contribution >= 4 is 28.6 Å². The van der Waals surface area contributed by atoms with Crippen LogP contribution in [0, 0.1) is 6.92 Å². The van der Waals surface area contributed by atoms with E-state index in [4.69, 9.17) is 4.74 Å². The SMILES string of the molecule is COCC(=O)Nc1cccc(NCc2sccc2C)c1. The number of hydrogen-bond acceptors (Lipinski definition) is 4. The van der Waals surface area contributed by atoms with Gasteiger partial charge >= 0.3 is 0 Å². The minimum absolute atomic E-state index is 0.0616. The Labute approximate surface area is 122 Å². The van der Waals surface area contributed by atoms with Crippen LogP contribution < -0.4 is 10.6 Å². The number of anilines is 2. The van der Waals surface area contributed by atoms with E-state index >= 15 is 0 Å². The number of aryl methyl sites for hydroxylation is 1. The van der Waals surface area contributed by atoms with Crippen LogP contribution >= 0.6 is 11.3 Å². The van der Waals surface area contributed by atoms with Crippen molar-refractivity contribution in [1.29, 1.82) is 0 Å². The third-order valence-electron chi connectivity index (χ3n) is 2.84. The zero-order valence-corrected chi connectivity index (χ0v) is 12.4. The van der Waals surface area contributed by atoms with E-state index in [2.05, 4.69) is 29.0 Å². The minimum Gasteiger partial charge on any atom is -0.380 e. The van der Waals surface area contributed by atoms with Crippen molar-refractivity contribution in [2.24, 2.45) is 0 Å². The maximum absolute atomic E-state index is 11.5. The molecule has 1 heterocycles. The summed E-state index contributed by atoms with van der Waals surface area (Å²) < 4.78 is 4.79. The Morgan fingerprint density at radius 2 is 2.10 bits per heavy atom. The van der Waals surface area contributed by atoms with Crippen molar-refractivity contribution in [2.45, 2.75) is 13.5 Å². The predicted molar refractivity (Wildman–Crippen MR) is 83.3 cm³/mol. The smallest absolute Gasteiger partial charge is 0.250 e. The largest absolute Gasteiger partial charge is 0.380 e. The molecule has 0 aliphatic rings. The predicted octanol–water partition coefficient (Wildman–Crippen LogP) is 3.25. The summed E-state index contributed by atoms with van der Waals surface area (Å²) >= 11 is 1.74. The number of benzene rings is 1. The number of carbonyl (C=O) groups is 1. The molecule has 1 amide bonds. The van der Waals surface area contributed by atoms with Gasteiger partial charge in [0.1, 0.15) is 6.61 Å². The number of thiophene rings is 1. The second kappa shape index (κ2) is 7.07. The molecule has 1 aromatic carbocycles. The number of nitrogens with one attached hydrogen (secondary N) is 2. The zero-order valence-electron chi connectivity index (χ0n) is 11.6. The van der Waals surface area contributed by atoms with Crippen molar-refractivity contribution in [1.82, 2.24) is 0 Å². The van der Waals surface area contributed by atoms with Crippen molar-refractivity contribution in [2.75, 3.05) is 24.4 Å². The molecule has 2 aromatic rings. The maximum atomic E-state index is 11.5. The Kier molecular flexibility index (Phi) is 5.15. The average Bonchev–Trinajstić information content (AvgIpc) is 2.82. The molecule has 2 rings (SSSR count). The van der Waals surface area contributed by atoms with Gasteiger partial charge in [0, 0.05) is 29.9 Å². The molecular formula is C15H18N2O2S. The molecule has 0 saturated carbocycles. The van der Waals surface area contributed by atoms with Crippen molar-refractivity contribution < 1.29 is 9.53 Å². The first kappa shape index (κ1) is 14.6. The fourth-order valence-electron chi connectivity index (χ4n) is 1.80. The summed E-state index contributed by atoms with van der Waals surface area (Å²) in [4.78, 5) is 12.8. The molecule has 0 spiro atoms. The molecule has 0 atom stereocenters. The van der Waals surface area contributed by atoms with E-state index in [1.807, 2.05) is 24.3 Å².